The van der Waals surface area contributed by atoms with E-state index in [1.807, 2.05) is 0 Å². The fraction of sp³-hybridized carbons (Fsp3) is 0.667. The van der Waals surface area contributed by atoms with Gasteiger partial charge in [-0.05, 0) is 26.3 Å². The molecule has 2 N–H and O–H groups in total. The van der Waals surface area contributed by atoms with Gasteiger partial charge in [-0.15, -0.1) is 0 Å². The van der Waals surface area contributed by atoms with E-state index in [-0.39, 0.29) is 17.6 Å². The van der Waals surface area contributed by atoms with Gasteiger partial charge < -0.3 is 9.84 Å². The molecule has 1 saturated heterocycles. The van der Waals surface area contributed by atoms with Crippen molar-refractivity contribution in [1.29, 1.82) is 0 Å². The van der Waals surface area contributed by atoms with Gasteiger partial charge in [0, 0.05) is 12.1 Å². The molecule has 1 unspecified atom stereocenters. The van der Waals surface area contributed by atoms with Crippen LogP contribution in [-0.2, 0) is 10.0 Å². The summed E-state index contributed by atoms with van der Waals surface area (Å²) in [5, 5.41) is 6.73. The van der Waals surface area contributed by atoms with Crippen LogP contribution in [0.2, 0.25) is 0 Å². The fourth-order valence-corrected chi connectivity index (χ4v) is 3.09. The van der Waals surface area contributed by atoms with Crippen molar-refractivity contribution in [3.63, 3.8) is 0 Å². The van der Waals surface area contributed by atoms with Gasteiger partial charge in [-0.3, -0.25) is 4.72 Å². The van der Waals surface area contributed by atoms with Crippen LogP contribution < -0.4 is 10.0 Å². The predicted molar refractivity (Wildman–Crippen MR) is 59.7 cm³/mol. The van der Waals surface area contributed by atoms with Crippen LogP contribution in [0, 0.1) is 6.92 Å². The van der Waals surface area contributed by atoms with Crippen LogP contribution in [0.1, 0.15) is 18.6 Å². The third kappa shape index (κ3) is 2.96. The number of anilines is 1. The van der Waals surface area contributed by atoms with Crippen molar-refractivity contribution in [3.8, 4) is 0 Å². The minimum Gasteiger partial charge on any atom is -0.360 e. The van der Waals surface area contributed by atoms with Crippen LogP contribution in [0.3, 0.4) is 0 Å². The Hall–Kier alpha value is -1.08. The van der Waals surface area contributed by atoms with Crippen LogP contribution in [-0.4, -0.2) is 31.9 Å². The summed E-state index contributed by atoms with van der Waals surface area (Å²) in [5.41, 5.74) is 0. The predicted octanol–water partition coefficient (Wildman–Crippen LogP) is 0.477. The Labute approximate surface area is 94.4 Å². The quantitative estimate of drug-likeness (QED) is 0.806. The first-order valence-corrected chi connectivity index (χ1v) is 6.87. The van der Waals surface area contributed by atoms with E-state index >= 15 is 0 Å². The molecule has 1 fully saturated rings. The first-order chi connectivity index (χ1) is 7.55. The van der Waals surface area contributed by atoms with Crippen LogP contribution in [0.4, 0.5) is 5.82 Å². The Morgan fingerprint density at radius 2 is 2.50 bits per heavy atom. The van der Waals surface area contributed by atoms with Gasteiger partial charge in [-0.1, -0.05) is 5.16 Å². The van der Waals surface area contributed by atoms with E-state index in [2.05, 4.69) is 15.2 Å². The number of sulfonamides is 1. The Bertz CT molecular complexity index is 448. The van der Waals surface area contributed by atoms with Crippen LogP contribution in [0.5, 0.6) is 0 Å². The average molecular weight is 245 g/mol. The molecule has 0 amide bonds. The Morgan fingerprint density at radius 3 is 3.06 bits per heavy atom. The largest absolute Gasteiger partial charge is 0.360 e. The number of nitrogens with zero attached hydrogens (tertiary/aromatic N) is 1. The number of aryl methyl sites for hydroxylation is 1. The second kappa shape index (κ2) is 4.42. The maximum absolute atomic E-state index is 11.7. The molecule has 0 bridgehead atoms. The van der Waals surface area contributed by atoms with E-state index in [1.54, 1.807) is 13.0 Å². The summed E-state index contributed by atoms with van der Waals surface area (Å²) in [6, 6.07) is 1.60. The maximum Gasteiger partial charge on any atom is 0.235 e. The second-order valence-corrected chi connectivity index (χ2v) is 5.77. The first kappa shape index (κ1) is 11.4. The Morgan fingerprint density at radius 1 is 1.69 bits per heavy atom. The molecule has 0 aromatic carbocycles. The molecule has 0 radical (unpaired) electrons. The zero-order valence-electron chi connectivity index (χ0n) is 9.06. The number of nitrogens with one attached hydrogen (secondary N) is 2. The number of rotatable bonds is 4. The molecule has 0 spiro atoms. The van der Waals surface area contributed by atoms with Crippen molar-refractivity contribution >= 4 is 15.8 Å². The fourth-order valence-electron chi connectivity index (χ4n) is 1.78. The topological polar surface area (TPSA) is 84.2 Å². The van der Waals surface area contributed by atoms with E-state index in [1.165, 1.54) is 0 Å². The normalized spacial score (nSPS) is 21.2. The second-order valence-electron chi connectivity index (χ2n) is 4.00. The lowest BCUT2D eigenvalue weighted by molar-refractivity contribution is 0.400. The molecule has 0 aliphatic carbocycles. The molecule has 1 aliphatic rings. The number of aromatic nitrogens is 1. The van der Waals surface area contributed by atoms with Gasteiger partial charge in [-0.25, -0.2) is 8.42 Å². The SMILES string of the molecule is Cc1cc(NS(=O)(=O)CC2CCCN2)no1. The molecule has 7 heteroatoms. The van der Waals surface area contributed by atoms with E-state index < -0.39 is 10.0 Å². The minimum absolute atomic E-state index is 0.0468. The van der Waals surface area contributed by atoms with E-state index in [4.69, 9.17) is 4.52 Å². The van der Waals surface area contributed by atoms with Gasteiger partial charge in [-0.2, -0.15) is 0 Å². The zero-order valence-corrected chi connectivity index (χ0v) is 9.88. The summed E-state index contributed by atoms with van der Waals surface area (Å²) in [6.45, 7) is 2.60. The highest BCUT2D eigenvalue weighted by atomic mass is 32.2. The summed E-state index contributed by atoms with van der Waals surface area (Å²) < 4.78 is 30.6. The van der Waals surface area contributed by atoms with Gasteiger partial charge in [0.1, 0.15) is 5.76 Å². The Balaban J connectivity index is 1.96. The lowest BCUT2D eigenvalue weighted by Crippen LogP contribution is -2.32. The van der Waals surface area contributed by atoms with Crippen molar-refractivity contribution in [2.75, 3.05) is 17.0 Å². The van der Waals surface area contributed by atoms with E-state index in [9.17, 15) is 8.42 Å². The van der Waals surface area contributed by atoms with Crippen molar-refractivity contribution in [1.82, 2.24) is 10.5 Å². The molecule has 2 heterocycles. The van der Waals surface area contributed by atoms with Gasteiger partial charge in [0.25, 0.3) is 0 Å². The van der Waals surface area contributed by atoms with Gasteiger partial charge in [0.05, 0.1) is 5.75 Å². The Kier molecular flexibility index (Phi) is 3.15. The number of hydrogen-bond acceptors (Lipinski definition) is 5. The highest BCUT2D eigenvalue weighted by Gasteiger charge is 2.22. The summed E-state index contributed by atoms with van der Waals surface area (Å²) in [7, 11) is -3.34. The van der Waals surface area contributed by atoms with Crippen molar-refractivity contribution < 1.29 is 12.9 Å². The van der Waals surface area contributed by atoms with Crippen molar-refractivity contribution in [2.45, 2.75) is 25.8 Å². The van der Waals surface area contributed by atoms with E-state index in [0.29, 0.717) is 5.76 Å². The van der Waals surface area contributed by atoms with Crippen molar-refractivity contribution in [3.05, 3.63) is 11.8 Å². The molecule has 1 aliphatic heterocycles. The standard InChI is InChI=1S/C9H15N3O3S/c1-7-5-9(11-15-7)12-16(13,14)6-8-3-2-4-10-8/h5,8,10H,2-4,6H2,1H3,(H,11,12). The number of hydrogen-bond donors (Lipinski definition) is 2. The average Bonchev–Trinajstić information content (AvgIpc) is 2.76. The summed E-state index contributed by atoms with van der Waals surface area (Å²) in [6.07, 6.45) is 1.93. The monoisotopic (exact) mass is 245 g/mol. The minimum atomic E-state index is -3.34. The van der Waals surface area contributed by atoms with Gasteiger partial charge in [0.15, 0.2) is 5.82 Å². The summed E-state index contributed by atoms with van der Waals surface area (Å²) in [5.74, 6) is 0.908. The lowest BCUT2D eigenvalue weighted by Gasteiger charge is -2.10. The van der Waals surface area contributed by atoms with Crippen LogP contribution >= 0.6 is 0 Å². The van der Waals surface area contributed by atoms with Gasteiger partial charge >= 0.3 is 0 Å². The zero-order chi connectivity index (χ0) is 11.6. The molecule has 1 atom stereocenters. The molecule has 2 rings (SSSR count). The molecule has 1 aromatic rings. The molecule has 0 saturated carbocycles. The molecule has 1 aromatic heterocycles. The lowest BCUT2D eigenvalue weighted by atomic mass is 10.3. The highest BCUT2D eigenvalue weighted by Crippen LogP contribution is 2.12. The molecule has 90 valence electrons. The first-order valence-electron chi connectivity index (χ1n) is 5.22. The third-order valence-electron chi connectivity index (χ3n) is 2.47. The van der Waals surface area contributed by atoms with Crippen LogP contribution in [0.25, 0.3) is 0 Å². The molecular weight excluding hydrogens is 230 g/mol. The molecule has 6 nitrogen and oxygen atoms in total. The highest BCUT2D eigenvalue weighted by molar-refractivity contribution is 7.92. The molecule has 16 heavy (non-hydrogen) atoms. The third-order valence-corrected chi connectivity index (χ3v) is 3.83. The molecular formula is C9H15N3O3S. The summed E-state index contributed by atoms with van der Waals surface area (Å²) >= 11 is 0. The van der Waals surface area contributed by atoms with Gasteiger partial charge in [0.2, 0.25) is 10.0 Å². The maximum atomic E-state index is 11.7. The van der Waals surface area contributed by atoms with E-state index in [0.717, 1.165) is 19.4 Å². The van der Waals surface area contributed by atoms with Crippen molar-refractivity contribution in [2.24, 2.45) is 0 Å². The summed E-state index contributed by atoms with van der Waals surface area (Å²) in [4.78, 5) is 0. The smallest absolute Gasteiger partial charge is 0.235 e. The van der Waals surface area contributed by atoms with Crippen LogP contribution in [0.15, 0.2) is 10.6 Å².